The molecule has 0 aliphatic carbocycles. The first-order valence-corrected chi connectivity index (χ1v) is 9.53. The van der Waals surface area contributed by atoms with E-state index in [9.17, 15) is 4.79 Å². The van der Waals surface area contributed by atoms with Gasteiger partial charge in [-0.1, -0.05) is 41.9 Å². The van der Waals surface area contributed by atoms with Crippen LogP contribution in [0, 0.1) is 5.92 Å². The van der Waals surface area contributed by atoms with Gasteiger partial charge < -0.3 is 21.7 Å². The Labute approximate surface area is 164 Å². The summed E-state index contributed by atoms with van der Waals surface area (Å²) in [6.07, 6.45) is 3.49. The van der Waals surface area contributed by atoms with Crippen molar-refractivity contribution in [1.29, 1.82) is 0 Å². The van der Waals surface area contributed by atoms with E-state index in [2.05, 4.69) is 50.5 Å². The Morgan fingerprint density at radius 1 is 1.15 bits per heavy atom. The Bertz CT molecular complexity index is 777. The highest BCUT2D eigenvalue weighted by Gasteiger charge is 2.20. The van der Waals surface area contributed by atoms with Crippen molar-refractivity contribution in [3.63, 3.8) is 0 Å². The van der Waals surface area contributed by atoms with Crippen molar-refractivity contribution in [3.05, 3.63) is 46.7 Å². The van der Waals surface area contributed by atoms with Crippen LogP contribution in [0.5, 0.6) is 0 Å². The SMILES string of the molecule is Nc1nc(N)c(C(=O)NCCN2CCC(Cc3ccccc3)CC2)nc1Cl. The zero-order valence-electron chi connectivity index (χ0n) is 15.2. The van der Waals surface area contributed by atoms with Crippen LogP contribution in [0.2, 0.25) is 5.15 Å². The van der Waals surface area contributed by atoms with Crippen LogP contribution < -0.4 is 16.8 Å². The monoisotopic (exact) mass is 388 g/mol. The number of aromatic nitrogens is 2. The van der Waals surface area contributed by atoms with Crippen molar-refractivity contribution < 1.29 is 4.79 Å². The summed E-state index contributed by atoms with van der Waals surface area (Å²) in [5.41, 5.74) is 12.6. The van der Waals surface area contributed by atoms with E-state index in [1.54, 1.807) is 0 Å². The van der Waals surface area contributed by atoms with Gasteiger partial charge in [-0.05, 0) is 43.8 Å². The van der Waals surface area contributed by atoms with E-state index in [1.807, 2.05) is 0 Å². The molecule has 144 valence electrons. The Kier molecular flexibility index (Phi) is 6.47. The topological polar surface area (TPSA) is 110 Å². The summed E-state index contributed by atoms with van der Waals surface area (Å²) < 4.78 is 0. The molecule has 1 saturated heterocycles. The van der Waals surface area contributed by atoms with E-state index >= 15 is 0 Å². The molecule has 0 spiro atoms. The molecule has 2 heterocycles. The van der Waals surface area contributed by atoms with Gasteiger partial charge >= 0.3 is 0 Å². The molecule has 0 radical (unpaired) electrons. The molecule has 0 unspecified atom stereocenters. The molecule has 27 heavy (non-hydrogen) atoms. The highest BCUT2D eigenvalue weighted by Crippen LogP contribution is 2.21. The van der Waals surface area contributed by atoms with Crippen LogP contribution in [-0.2, 0) is 6.42 Å². The third-order valence-corrected chi connectivity index (χ3v) is 5.19. The molecule has 3 rings (SSSR count). The lowest BCUT2D eigenvalue weighted by Crippen LogP contribution is -2.40. The lowest BCUT2D eigenvalue weighted by atomic mass is 9.90. The van der Waals surface area contributed by atoms with Crippen molar-refractivity contribution in [2.45, 2.75) is 19.3 Å². The van der Waals surface area contributed by atoms with Crippen molar-refractivity contribution in [2.24, 2.45) is 5.92 Å². The van der Waals surface area contributed by atoms with Crippen LogP contribution >= 0.6 is 11.6 Å². The third kappa shape index (κ3) is 5.30. The van der Waals surface area contributed by atoms with E-state index in [-0.39, 0.29) is 28.4 Å². The Balaban J connectivity index is 1.40. The molecule has 0 saturated carbocycles. The first kappa shape index (κ1) is 19.4. The van der Waals surface area contributed by atoms with Crippen molar-refractivity contribution in [3.8, 4) is 0 Å². The number of rotatable bonds is 6. The van der Waals surface area contributed by atoms with Gasteiger partial charge in [0, 0.05) is 13.1 Å². The molecular formula is C19H25ClN6O. The van der Waals surface area contributed by atoms with Gasteiger partial charge in [0.25, 0.3) is 5.91 Å². The Morgan fingerprint density at radius 3 is 2.56 bits per heavy atom. The standard InChI is InChI=1S/C19H25ClN6O/c20-16-18(22)25-17(21)15(24-16)19(27)23-8-11-26-9-6-14(7-10-26)12-13-4-2-1-3-5-13/h1-5,14H,6-12H2,(H,23,27)(H4,21,22,25). The predicted octanol–water partition coefficient (Wildman–Crippen LogP) is 1.98. The largest absolute Gasteiger partial charge is 0.382 e. The number of hydrogen-bond donors (Lipinski definition) is 3. The van der Waals surface area contributed by atoms with Crippen LogP contribution in [0.1, 0.15) is 28.9 Å². The molecule has 1 amide bonds. The summed E-state index contributed by atoms with van der Waals surface area (Å²) in [4.78, 5) is 22.3. The maximum Gasteiger partial charge on any atom is 0.273 e. The first-order chi connectivity index (χ1) is 13.0. The second-order valence-electron chi connectivity index (χ2n) is 6.86. The summed E-state index contributed by atoms with van der Waals surface area (Å²) >= 11 is 5.81. The fraction of sp³-hybridized carbons (Fsp3) is 0.421. The maximum atomic E-state index is 12.2. The number of amides is 1. The van der Waals surface area contributed by atoms with Gasteiger partial charge in [0.2, 0.25) is 0 Å². The predicted molar refractivity (Wildman–Crippen MR) is 108 cm³/mol. The number of hydrogen-bond acceptors (Lipinski definition) is 6. The van der Waals surface area contributed by atoms with Gasteiger partial charge in [-0.2, -0.15) is 0 Å². The van der Waals surface area contributed by atoms with Crippen molar-refractivity contribution in [1.82, 2.24) is 20.2 Å². The quantitative estimate of drug-likeness (QED) is 0.697. The number of nitrogens with zero attached hydrogens (tertiary/aromatic N) is 3. The zero-order chi connectivity index (χ0) is 19.2. The summed E-state index contributed by atoms with van der Waals surface area (Å²) in [5.74, 6) is 0.339. The van der Waals surface area contributed by atoms with E-state index in [0.717, 1.165) is 32.0 Å². The minimum absolute atomic E-state index is 0.00997. The van der Waals surface area contributed by atoms with Gasteiger partial charge in [0.05, 0.1) is 0 Å². The fourth-order valence-corrected chi connectivity index (χ4v) is 3.51. The molecule has 1 fully saturated rings. The van der Waals surface area contributed by atoms with E-state index in [1.165, 1.54) is 18.4 Å². The Hall–Kier alpha value is -2.38. The van der Waals surface area contributed by atoms with Crippen molar-refractivity contribution >= 4 is 29.1 Å². The zero-order valence-corrected chi connectivity index (χ0v) is 16.0. The molecule has 0 atom stereocenters. The molecule has 1 aromatic heterocycles. The van der Waals surface area contributed by atoms with Crippen LogP contribution in [0.3, 0.4) is 0 Å². The molecule has 1 aliphatic rings. The lowest BCUT2D eigenvalue weighted by Gasteiger charge is -2.32. The highest BCUT2D eigenvalue weighted by molar-refractivity contribution is 6.31. The van der Waals surface area contributed by atoms with Gasteiger partial charge in [-0.25, -0.2) is 9.97 Å². The molecule has 5 N–H and O–H groups in total. The molecular weight excluding hydrogens is 364 g/mol. The van der Waals surface area contributed by atoms with Gasteiger partial charge in [-0.3, -0.25) is 4.79 Å². The number of piperidine rings is 1. The molecule has 1 aliphatic heterocycles. The van der Waals surface area contributed by atoms with Gasteiger partial charge in [0.1, 0.15) is 0 Å². The third-order valence-electron chi connectivity index (χ3n) is 4.91. The lowest BCUT2D eigenvalue weighted by molar-refractivity contribution is 0.0939. The summed E-state index contributed by atoms with van der Waals surface area (Å²) in [5, 5.41) is 2.80. The van der Waals surface area contributed by atoms with E-state index < -0.39 is 0 Å². The molecule has 7 nitrogen and oxygen atoms in total. The number of nitrogens with one attached hydrogen (secondary N) is 1. The van der Waals surface area contributed by atoms with Crippen LogP contribution in [0.4, 0.5) is 11.6 Å². The van der Waals surface area contributed by atoms with Crippen LogP contribution in [0.25, 0.3) is 0 Å². The van der Waals surface area contributed by atoms with Gasteiger partial charge in [-0.15, -0.1) is 0 Å². The Morgan fingerprint density at radius 2 is 1.85 bits per heavy atom. The molecule has 2 aromatic rings. The first-order valence-electron chi connectivity index (χ1n) is 9.16. The van der Waals surface area contributed by atoms with Crippen molar-refractivity contribution in [2.75, 3.05) is 37.6 Å². The molecule has 1 aromatic carbocycles. The van der Waals surface area contributed by atoms with E-state index in [0.29, 0.717) is 6.54 Å². The second kappa shape index (κ2) is 9.01. The number of benzene rings is 1. The van der Waals surface area contributed by atoms with Crippen LogP contribution in [0.15, 0.2) is 30.3 Å². The number of carbonyl (C=O) groups excluding carboxylic acids is 1. The number of halogens is 1. The van der Waals surface area contributed by atoms with E-state index in [4.69, 9.17) is 23.1 Å². The number of anilines is 2. The molecule has 0 bridgehead atoms. The minimum atomic E-state index is -0.388. The number of likely N-dealkylation sites (tertiary alicyclic amines) is 1. The maximum absolute atomic E-state index is 12.2. The summed E-state index contributed by atoms with van der Waals surface area (Å²) in [6.45, 7) is 3.40. The number of carbonyl (C=O) groups is 1. The number of nitrogens with two attached hydrogens (primary N) is 2. The average molecular weight is 389 g/mol. The highest BCUT2D eigenvalue weighted by atomic mass is 35.5. The smallest absolute Gasteiger partial charge is 0.273 e. The summed E-state index contributed by atoms with van der Waals surface area (Å²) in [6, 6.07) is 10.6. The minimum Gasteiger partial charge on any atom is -0.382 e. The number of nitrogen functional groups attached to an aromatic ring is 2. The van der Waals surface area contributed by atoms with Crippen LogP contribution in [-0.4, -0.2) is 47.0 Å². The summed E-state index contributed by atoms with van der Waals surface area (Å²) in [7, 11) is 0. The van der Waals surface area contributed by atoms with Gasteiger partial charge in [0.15, 0.2) is 22.5 Å². The fourth-order valence-electron chi connectivity index (χ4n) is 3.38. The average Bonchev–Trinajstić information content (AvgIpc) is 2.67. The molecule has 8 heteroatoms. The normalized spacial score (nSPS) is 15.6. The second-order valence-corrected chi connectivity index (χ2v) is 7.22.